The average molecular weight is 612 g/mol. The second-order valence-electron chi connectivity index (χ2n) is 8.16. The Kier molecular flexibility index (Phi) is 11.3. The van der Waals surface area contributed by atoms with E-state index in [1.54, 1.807) is 0 Å². The van der Waals surface area contributed by atoms with Crippen molar-refractivity contribution < 1.29 is 26.4 Å². The van der Waals surface area contributed by atoms with E-state index in [0.717, 1.165) is 38.4 Å². The van der Waals surface area contributed by atoms with Gasteiger partial charge in [0, 0.05) is 28.1 Å². The quantitative estimate of drug-likeness (QED) is 0.372. The number of amides is 1. The summed E-state index contributed by atoms with van der Waals surface area (Å²) in [6, 6.07) is 6.43. The Balaban J connectivity index is 0.00000222. The van der Waals surface area contributed by atoms with E-state index >= 15 is 0 Å². The van der Waals surface area contributed by atoms with Crippen LogP contribution in [0.4, 0.5) is 13.2 Å². The summed E-state index contributed by atoms with van der Waals surface area (Å²) in [5, 5.41) is 2.81. The highest BCUT2D eigenvalue weighted by Crippen LogP contribution is 2.37. The number of piperidine rings is 1. The Labute approximate surface area is 224 Å². The number of nitrogens with zero attached hydrogens (tertiary/aromatic N) is 1. The zero-order valence-electron chi connectivity index (χ0n) is 20.5. The fraction of sp³-hybridized carbons (Fsp3) is 0.480. The summed E-state index contributed by atoms with van der Waals surface area (Å²) in [4.78, 5) is 14.8. The van der Waals surface area contributed by atoms with Gasteiger partial charge in [0.1, 0.15) is 0 Å². The lowest BCUT2D eigenvalue weighted by Gasteiger charge is -2.28. The van der Waals surface area contributed by atoms with Crippen molar-refractivity contribution in [3.8, 4) is 0 Å². The Morgan fingerprint density at radius 1 is 1.11 bits per heavy atom. The third-order valence-electron chi connectivity index (χ3n) is 5.77. The van der Waals surface area contributed by atoms with E-state index in [1.807, 2.05) is 18.7 Å². The highest BCUT2D eigenvalue weighted by molar-refractivity contribution is 9.10. The summed E-state index contributed by atoms with van der Waals surface area (Å²) < 4.78 is 66.6. The Hall–Kier alpha value is -1.62. The third-order valence-corrected chi connectivity index (χ3v) is 8.54. The van der Waals surface area contributed by atoms with Crippen LogP contribution in [0.2, 0.25) is 5.02 Å². The summed E-state index contributed by atoms with van der Waals surface area (Å²) >= 11 is 9.22. The molecule has 0 saturated carbocycles. The van der Waals surface area contributed by atoms with Gasteiger partial charge in [0.05, 0.1) is 16.2 Å². The third kappa shape index (κ3) is 7.94. The van der Waals surface area contributed by atoms with E-state index in [9.17, 15) is 26.4 Å². The van der Waals surface area contributed by atoms with Crippen molar-refractivity contribution in [2.45, 2.75) is 64.2 Å². The number of halogens is 5. The van der Waals surface area contributed by atoms with Gasteiger partial charge in [0.2, 0.25) is 0 Å². The molecule has 2 aromatic carbocycles. The van der Waals surface area contributed by atoms with Crippen molar-refractivity contribution in [1.82, 2.24) is 10.2 Å². The topological polar surface area (TPSA) is 66.5 Å². The lowest BCUT2D eigenvalue weighted by Crippen LogP contribution is -2.30. The molecule has 1 N–H and O–H groups in total. The molecule has 1 aliphatic heterocycles. The van der Waals surface area contributed by atoms with Gasteiger partial charge in [0.15, 0.2) is 9.84 Å². The Morgan fingerprint density at radius 2 is 1.75 bits per heavy atom. The first-order valence-corrected chi connectivity index (χ1v) is 14.7. The number of hydrogen-bond acceptors (Lipinski definition) is 4. The minimum absolute atomic E-state index is 0.0220. The molecule has 1 fully saturated rings. The van der Waals surface area contributed by atoms with Crippen LogP contribution in [0.25, 0.3) is 0 Å². The smallest absolute Gasteiger partial charge is 0.348 e. The maximum absolute atomic E-state index is 13.9. The lowest BCUT2D eigenvalue weighted by molar-refractivity contribution is -0.138. The van der Waals surface area contributed by atoms with E-state index in [4.69, 9.17) is 11.6 Å². The average Bonchev–Trinajstić information content (AvgIpc) is 2.84. The standard InChI is InChI=1S/C23H25BrClF3N2O3S.C2H6/c1-2-34(32,33)21-7-6-17(25)10-16(21)13-29-22(31)15-11-19(23(26,27)28)18(20(24)12-15)14-30-8-4-3-5-9-30;1-2/h6-7,10-12H,2-5,8-9,13-14H2,1H3,(H,29,31);1-2H3. The fourth-order valence-electron chi connectivity index (χ4n) is 3.95. The molecule has 0 spiro atoms. The van der Waals surface area contributed by atoms with E-state index in [1.165, 1.54) is 31.2 Å². The highest BCUT2D eigenvalue weighted by atomic mass is 79.9. The van der Waals surface area contributed by atoms with E-state index in [0.29, 0.717) is 0 Å². The molecule has 11 heteroatoms. The van der Waals surface area contributed by atoms with Crippen LogP contribution in [0.3, 0.4) is 0 Å². The predicted molar refractivity (Wildman–Crippen MR) is 140 cm³/mol. The molecular formula is C25H31BrClF3N2O3S. The molecular weight excluding hydrogens is 581 g/mol. The van der Waals surface area contributed by atoms with Crippen LogP contribution < -0.4 is 5.32 Å². The monoisotopic (exact) mass is 610 g/mol. The normalized spacial score (nSPS) is 14.7. The molecule has 36 heavy (non-hydrogen) atoms. The SMILES string of the molecule is CC.CCS(=O)(=O)c1ccc(Cl)cc1CNC(=O)c1cc(Br)c(CN2CCCCC2)c(C(F)(F)F)c1. The molecule has 1 saturated heterocycles. The van der Waals surface area contributed by atoms with Crippen LogP contribution in [-0.4, -0.2) is 38.1 Å². The van der Waals surface area contributed by atoms with Gasteiger partial charge >= 0.3 is 6.18 Å². The molecule has 200 valence electrons. The number of carbonyl (C=O) groups excluding carboxylic acids is 1. The number of benzene rings is 2. The second-order valence-corrected chi connectivity index (χ2v) is 11.7. The first kappa shape index (κ1) is 30.6. The molecule has 1 heterocycles. The highest BCUT2D eigenvalue weighted by Gasteiger charge is 2.36. The molecule has 0 atom stereocenters. The Bertz CT molecular complexity index is 1170. The van der Waals surface area contributed by atoms with E-state index < -0.39 is 27.5 Å². The molecule has 0 aliphatic carbocycles. The summed E-state index contributed by atoms with van der Waals surface area (Å²) in [6.07, 6.45) is -1.69. The molecule has 0 aromatic heterocycles. The number of hydrogen-bond donors (Lipinski definition) is 1. The summed E-state index contributed by atoms with van der Waals surface area (Å²) in [7, 11) is -3.58. The molecule has 2 aromatic rings. The Morgan fingerprint density at radius 3 is 2.33 bits per heavy atom. The van der Waals surface area contributed by atoms with Crippen molar-refractivity contribution in [3.63, 3.8) is 0 Å². The van der Waals surface area contributed by atoms with Crippen molar-refractivity contribution in [1.29, 1.82) is 0 Å². The maximum Gasteiger partial charge on any atom is 0.416 e. The molecule has 3 rings (SSSR count). The number of likely N-dealkylation sites (tertiary alicyclic amines) is 1. The second kappa shape index (κ2) is 13.3. The molecule has 0 unspecified atom stereocenters. The van der Waals surface area contributed by atoms with Gasteiger partial charge in [-0.3, -0.25) is 9.69 Å². The number of nitrogens with one attached hydrogen (secondary N) is 1. The van der Waals surface area contributed by atoms with Gasteiger partial charge in [0.25, 0.3) is 5.91 Å². The van der Waals surface area contributed by atoms with E-state index in [2.05, 4.69) is 21.2 Å². The largest absolute Gasteiger partial charge is 0.416 e. The van der Waals surface area contributed by atoms with Crippen LogP contribution in [-0.2, 0) is 29.1 Å². The van der Waals surface area contributed by atoms with Gasteiger partial charge in [-0.25, -0.2) is 8.42 Å². The minimum atomic E-state index is -4.64. The molecule has 1 aliphatic rings. The number of rotatable bonds is 7. The van der Waals surface area contributed by atoms with Crippen molar-refractivity contribution in [3.05, 3.63) is 62.1 Å². The molecule has 1 amide bonds. The maximum atomic E-state index is 13.9. The summed E-state index contributed by atoms with van der Waals surface area (Å²) in [5.41, 5.74) is -0.685. The molecule has 0 bridgehead atoms. The number of carbonyl (C=O) groups is 1. The first-order valence-electron chi connectivity index (χ1n) is 11.8. The first-order chi connectivity index (χ1) is 16.9. The van der Waals surface area contributed by atoms with Gasteiger partial charge in [-0.05, 0) is 67.4 Å². The summed E-state index contributed by atoms with van der Waals surface area (Å²) in [5.74, 6) is -0.897. The van der Waals surface area contributed by atoms with E-state index in [-0.39, 0.29) is 49.9 Å². The van der Waals surface area contributed by atoms with Crippen molar-refractivity contribution in [2.24, 2.45) is 0 Å². The van der Waals surface area contributed by atoms with Crippen molar-refractivity contribution in [2.75, 3.05) is 18.8 Å². The van der Waals surface area contributed by atoms with Crippen molar-refractivity contribution >= 4 is 43.3 Å². The van der Waals surface area contributed by atoms with Gasteiger partial charge < -0.3 is 5.32 Å². The lowest BCUT2D eigenvalue weighted by atomic mass is 10.0. The molecule has 0 radical (unpaired) electrons. The minimum Gasteiger partial charge on any atom is -0.348 e. The van der Waals surface area contributed by atoms with Crippen LogP contribution in [0, 0.1) is 0 Å². The van der Waals surface area contributed by atoms with Gasteiger partial charge in [-0.1, -0.05) is 54.7 Å². The molecule has 5 nitrogen and oxygen atoms in total. The van der Waals surface area contributed by atoms with Crippen LogP contribution in [0.5, 0.6) is 0 Å². The van der Waals surface area contributed by atoms with Crippen LogP contribution in [0.15, 0.2) is 39.7 Å². The summed E-state index contributed by atoms with van der Waals surface area (Å²) in [6.45, 7) is 6.89. The van der Waals surface area contributed by atoms with Crippen LogP contribution >= 0.6 is 27.5 Å². The predicted octanol–water partition coefficient (Wildman–Crippen LogP) is 6.86. The van der Waals surface area contributed by atoms with Gasteiger partial charge in [-0.15, -0.1) is 0 Å². The zero-order valence-corrected chi connectivity index (χ0v) is 23.7. The van der Waals surface area contributed by atoms with Gasteiger partial charge in [-0.2, -0.15) is 13.2 Å². The number of alkyl halides is 3. The van der Waals surface area contributed by atoms with Crippen LogP contribution in [0.1, 0.15) is 67.1 Å². The zero-order chi connectivity index (χ0) is 27.1. The number of sulfone groups is 1. The fourth-order valence-corrected chi connectivity index (χ4v) is 5.84.